The molecule has 1 atom stereocenters. The van der Waals surface area contributed by atoms with E-state index in [1.54, 1.807) is 22.8 Å². The number of rotatable bonds is 6. The van der Waals surface area contributed by atoms with Crippen molar-refractivity contribution in [1.29, 1.82) is 0 Å². The molecule has 10 nitrogen and oxygen atoms in total. The Balaban J connectivity index is 1.39. The SMILES string of the molecule is CN(Cc1cccc(-c2nn[nH]n2)c1)C(=O)c1cn(C[C@@H]2CCCNC2)nn1. The normalized spacial score (nSPS) is 16.8. The fourth-order valence-corrected chi connectivity index (χ4v) is 3.46. The zero-order valence-corrected chi connectivity index (χ0v) is 15.7. The molecule has 0 aliphatic carbocycles. The lowest BCUT2D eigenvalue weighted by Gasteiger charge is -2.22. The van der Waals surface area contributed by atoms with Gasteiger partial charge in [0.05, 0.1) is 6.20 Å². The molecule has 10 heteroatoms. The summed E-state index contributed by atoms with van der Waals surface area (Å²) in [4.78, 5) is 14.4. The van der Waals surface area contributed by atoms with Crippen molar-refractivity contribution in [2.45, 2.75) is 25.9 Å². The van der Waals surface area contributed by atoms with Gasteiger partial charge in [0.2, 0.25) is 5.82 Å². The van der Waals surface area contributed by atoms with Gasteiger partial charge in [-0.1, -0.05) is 23.4 Å². The number of nitrogens with zero attached hydrogens (tertiary/aromatic N) is 7. The van der Waals surface area contributed by atoms with Crippen LogP contribution in [-0.4, -0.2) is 66.6 Å². The number of tetrazole rings is 1. The van der Waals surface area contributed by atoms with Gasteiger partial charge in [-0.25, -0.2) is 0 Å². The highest BCUT2D eigenvalue weighted by Gasteiger charge is 2.19. The molecule has 3 heterocycles. The number of benzene rings is 1. The van der Waals surface area contributed by atoms with E-state index in [2.05, 4.69) is 36.3 Å². The van der Waals surface area contributed by atoms with Crippen LogP contribution in [-0.2, 0) is 13.1 Å². The lowest BCUT2D eigenvalue weighted by Crippen LogP contribution is -2.32. The van der Waals surface area contributed by atoms with Gasteiger partial charge in [0.15, 0.2) is 5.69 Å². The Morgan fingerprint density at radius 3 is 3.07 bits per heavy atom. The number of aromatic amines is 1. The van der Waals surface area contributed by atoms with Crippen molar-refractivity contribution >= 4 is 5.91 Å². The average molecular weight is 381 g/mol. The second kappa shape index (κ2) is 8.26. The topological polar surface area (TPSA) is 118 Å². The molecule has 0 saturated carbocycles. The third-order valence-corrected chi connectivity index (χ3v) is 4.90. The molecular formula is C18H23N9O. The number of hydrogen-bond acceptors (Lipinski definition) is 7. The Bertz CT molecular complexity index is 915. The molecule has 0 radical (unpaired) electrons. The second-order valence-corrected chi connectivity index (χ2v) is 7.14. The molecule has 28 heavy (non-hydrogen) atoms. The molecule has 1 saturated heterocycles. The Kier molecular flexibility index (Phi) is 5.38. The first-order valence-corrected chi connectivity index (χ1v) is 9.38. The van der Waals surface area contributed by atoms with Crippen LogP contribution in [0, 0.1) is 5.92 Å². The van der Waals surface area contributed by atoms with E-state index in [1.165, 1.54) is 12.8 Å². The highest BCUT2D eigenvalue weighted by molar-refractivity contribution is 5.91. The number of hydrogen-bond donors (Lipinski definition) is 2. The molecule has 0 bridgehead atoms. The number of amides is 1. The molecule has 2 aromatic heterocycles. The minimum Gasteiger partial charge on any atom is -0.336 e. The smallest absolute Gasteiger partial charge is 0.276 e. The standard InChI is InChI=1S/C18H23N9O/c1-26(10-13-4-2-6-15(8-13)17-21-23-24-22-17)18(28)16-12-27(25-20-16)11-14-5-3-7-19-9-14/h2,4,6,8,12,14,19H,3,5,7,9-11H2,1H3,(H,21,22,23,24)/t14-/m1/s1. The van der Waals surface area contributed by atoms with Crippen LogP contribution in [0.3, 0.4) is 0 Å². The second-order valence-electron chi connectivity index (χ2n) is 7.14. The maximum atomic E-state index is 12.7. The molecule has 1 aliphatic rings. The van der Waals surface area contributed by atoms with Crippen LogP contribution in [0.2, 0.25) is 0 Å². The molecule has 1 fully saturated rings. The zero-order chi connectivity index (χ0) is 19.3. The lowest BCUT2D eigenvalue weighted by atomic mass is 10.00. The number of aromatic nitrogens is 7. The first-order valence-electron chi connectivity index (χ1n) is 9.38. The van der Waals surface area contributed by atoms with Crippen LogP contribution in [0.1, 0.15) is 28.9 Å². The van der Waals surface area contributed by atoms with Gasteiger partial charge in [-0.05, 0) is 48.7 Å². The number of carbonyl (C=O) groups excluding carboxylic acids is 1. The molecule has 1 aliphatic heterocycles. The Labute approximate surface area is 162 Å². The van der Waals surface area contributed by atoms with Gasteiger partial charge in [0, 0.05) is 25.7 Å². The summed E-state index contributed by atoms with van der Waals surface area (Å²) in [6, 6.07) is 7.72. The van der Waals surface area contributed by atoms with Crippen LogP contribution in [0.25, 0.3) is 11.4 Å². The molecule has 146 valence electrons. The summed E-state index contributed by atoms with van der Waals surface area (Å²) < 4.78 is 1.77. The fraction of sp³-hybridized carbons (Fsp3) is 0.444. The van der Waals surface area contributed by atoms with Crippen LogP contribution >= 0.6 is 0 Å². The molecule has 4 rings (SSSR count). The van der Waals surface area contributed by atoms with Crippen molar-refractivity contribution in [2.75, 3.05) is 20.1 Å². The van der Waals surface area contributed by atoms with Crippen molar-refractivity contribution in [3.63, 3.8) is 0 Å². The maximum absolute atomic E-state index is 12.7. The van der Waals surface area contributed by atoms with Gasteiger partial charge in [-0.2, -0.15) is 5.21 Å². The van der Waals surface area contributed by atoms with Gasteiger partial charge in [-0.3, -0.25) is 9.48 Å². The van der Waals surface area contributed by atoms with Gasteiger partial charge in [0.1, 0.15) is 0 Å². The van der Waals surface area contributed by atoms with Gasteiger partial charge in [0.25, 0.3) is 5.91 Å². The van der Waals surface area contributed by atoms with Gasteiger partial charge < -0.3 is 10.2 Å². The Hall–Kier alpha value is -3.14. The van der Waals surface area contributed by atoms with Gasteiger partial charge in [-0.15, -0.1) is 15.3 Å². The lowest BCUT2D eigenvalue weighted by molar-refractivity contribution is 0.0779. The monoisotopic (exact) mass is 381 g/mol. The van der Waals surface area contributed by atoms with E-state index < -0.39 is 0 Å². The third kappa shape index (κ3) is 4.22. The summed E-state index contributed by atoms with van der Waals surface area (Å²) >= 11 is 0. The van der Waals surface area contributed by atoms with E-state index in [4.69, 9.17) is 0 Å². The van der Waals surface area contributed by atoms with E-state index in [0.717, 1.165) is 30.8 Å². The summed E-state index contributed by atoms with van der Waals surface area (Å²) in [6.45, 7) is 3.30. The van der Waals surface area contributed by atoms with E-state index in [-0.39, 0.29) is 5.91 Å². The quantitative estimate of drug-likeness (QED) is 0.646. The van der Waals surface area contributed by atoms with Crippen LogP contribution < -0.4 is 5.32 Å². The first-order chi connectivity index (χ1) is 13.7. The Morgan fingerprint density at radius 2 is 2.29 bits per heavy atom. The molecule has 3 aromatic rings. The summed E-state index contributed by atoms with van der Waals surface area (Å²) in [5, 5.41) is 25.6. The number of carbonyl (C=O) groups is 1. The molecule has 0 unspecified atom stereocenters. The molecule has 1 aromatic carbocycles. The highest BCUT2D eigenvalue weighted by Crippen LogP contribution is 2.17. The minimum absolute atomic E-state index is 0.155. The average Bonchev–Trinajstić information content (AvgIpc) is 3.41. The van der Waals surface area contributed by atoms with E-state index in [0.29, 0.717) is 24.0 Å². The summed E-state index contributed by atoms with van der Waals surface area (Å²) in [5.74, 6) is 0.901. The highest BCUT2D eigenvalue weighted by atomic mass is 16.2. The van der Waals surface area contributed by atoms with Crippen LogP contribution in [0.5, 0.6) is 0 Å². The predicted molar refractivity (Wildman–Crippen MR) is 101 cm³/mol. The number of nitrogens with one attached hydrogen (secondary N) is 2. The van der Waals surface area contributed by atoms with Crippen molar-refractivity contribution in [3.8, 4) is 11.4 Å². The van der Waals surface area contributed by atoms with Crippen LogP contribution in [0.4, 0.5) is 0 Å². The molecule has 1 amide bonds. The predicted octanol–water partition coefficient (Wildman–Crippen LogP) is 0.730. The van der Waals surface area contributed by atoms with Crippen LogP contribution in [0.15, 0.2) is 30.5 Å². The van der Waals surface area contributed by atoms with E-state index >= 15 is 0 Å². The number of piperidine rings is 1. The first kappa shape index (κ1) is 18.2. The number of H-pyrrole nitrogens is 1. The summed E-state index contributed by atoms with van der Waals surface area (Å²) in [6.07, 6.45) is 4.09. The summed E-state index contributed by atoms with van der Waals surface area (Å²) in [7, 11) is 1.76. The largest absolute Gasteiger partial charge is 0.336 e. The van der Waals surface area contributed by atoms with Gasteiger partial charge >= 0.3 is 0 Å². The molecule has 0 spiro atoms. The fourth-order valence-electron chi connectivity index (χ4n) is 3.46. The zero-order valence-electron chi connectivity index (χ0n) is 15.7. The van der Waals surface area contributed by atoms with E-state index in [9.17, 15) is 4.79 Å². The van der Waals surface area contributed by atoms with Crippen molar-refractivity contribution in [3.05, 3.63) is 41.7 Å². The van der Waals surface area contributed by atoms with Crippen molar-refractivity contribution in [2.24, 2.45) is 5.92 Å². The Morgan fingerprint density at radius 1 is 1.36 bits per heavy atom. The molecule has 2 N–H and O–H groups in total. The maximum Gasteiger partial charge on any atom is 0.276 e. The van der Waals surface area contributed by atoms with E-state index in [1.807, 2.05) is 24.3 Å². The third-order valence-electron chi connectivity index (χ3n) is 4.90. The summed E-state index contributed by atoms with van der Waals surface area (Å²) in [5.41, 5.74) is 2.18. The van der Waals surface area contributed by atoms with Crippen molar-refractivity contribution in [1.82, 2.24) is 45.8 Å². The molecular weight excluding hydrogens is 358 g/mol. The van der Waals surface area contributed by atoms with Crippen molar-refractivity contribution < 1.29 is 4.79 Å². The minimum atomic E-state index is -0.155.